The third-order valence-corrected chi connectivity index (χ3v) is 9.68. The first-order valence-corrected chi connectivity index (χ1v) is 16.4. The van der Waals surface area contributed by atoms with Gasteiger partial charge in [0.05, 0.1) is 11.1 Å². The van der Waals surface area contributed by atoms with Gasteiger partial charge in [0, 0.05) is 28.7 Å². The molecule has 1 aliphatic carbocycles. The Morgan fingerprint density at radius 1 is 1.21 bits per heavy atom. The second-order valence-electron chi connectivity index (χ2n) is 13.3. The molecule has 3 aliphatic rings. The van der Waals surface area contributed by atoms with Gasteiger partial charge in [0.1, 0.15) is 16.8 Å². The van der Waals surface area contributed by atoms with E-state index >= 15 is 4.39 Å². The predicted octanol–water partition coefficient (Wildman–Crippen LogP) is 6.03. The molecule has 234 valence electrons. The van der Waals surface area contributed by atoms with Crippen LogP contribution >= 0.6 is 31.5 Å². The summed E-state index contributed by atoms with van der Waals surface area (Å²) in [7, 11) is -3.24. The quantitative estimate of drug-likeness (QED) is 0.163. The molecular weight excluding hydrogens is 619 g/mol. The fourth-order valence-corrected chi connectivity index (χ4v) is 7.66. The second kappa shape index (κ2) is 12.0. The molecule has 1 saturated carbocycles. The Labute approximate surface area is 261 Å². The minimum atomic E-state index is -3.24. The molecule has 43 heavy (non-hydrogen) atoms. The molecular formula is C30H37Cl2FN3O6P. The van der Waals surface area contributed by atoms with Crippen molar-refractivity contribution in [3.8, 4) is 0 Å². The number of carbonyl (C=O) groups excluding carboxylic acids is 2. The van der Waals surface area contributed by atoms with E-state index in [-0.39, 0.29) is 33.9 Å². The van der Waals surface area contributed by atoms with Crippen LogP contribution in [0, 0.1) is 11.2 Å². The SMILES string of the molecule is CC(C)(C)C[C@H]1N[C@@H](C(=O)NC2CCC(C)(OO[PH](=O)O)CC2)[C@H](c2cccc(Cl)c2F)[C@@]12C(=O)Nc1cc(Cl)ccc12. The Hall–Kier alpha value is -2.04. The highest BCUT2D eigenvalue weighted by molar-refractivity contribution is 7.31. The van der Waals surface area contributed by atoms with Crippen LogP contribution in [0.5, 0.6) is 0 Å². The third kappa shape index (κ3) is 6.25. The maximum atomic E-state index is 15.9. The van der Waals surface area contributed by atoms with Crippen molar-refractivity contribution in [2.75, 3.05) is 5.32 Å². The Morgan fingerprint density at radius 2 is 1.91 bits per heavy atom. The van der Waals surface area contributed by atoms with E-state index < -0.39 is 43.1 Å². The van der Waals surface area contributed by atoms with Crippen molar-refractivity contribution in [1.29, 1.82) is 0 Å². The van der Waals surface area contributed by atoms with Crippen molar-refractivity contribution in [1.82, 2.24) is 10.6 Å². The van der Waals surface area contributed by atoms with E-state index in [1.807, 2.05) is 0 Å². The van der Waals surface area contributed by atoms with Crippen LogP contribution < -0.4 is 16.0 Å². The average molecular weight is 657 g/mol. The maximum absolute atomic E-state index is 15.9. The van der Waals surface area contributed by atoms with E-state index in [0.29, 0.717) is 48.4 Å². The first kappa shape index (κ1) is 32.4. The summed E-state index contributed by atoms with van der Waals surface area (Å²) in [5, 5.41) is 9.93. The van der Waals surface area contributed by atoms with Crippen LogP contribution in [0.25, 0.3) is 0 Å². The molecule has 1 unspecified atom stereocenters. The zero-order valence-electron chi connectivity index (χ0n) is 24.4. The van der Waals surface area contributed by atoms with E-state index in [2.05, 4.69) is 41.4 Å². The topological polar surface area (TPSA) is 126 Å². The summed E-state index contributed by atoms with van der Waals surface area (Å²) < 4.78 is 31.4. The van der Waals surface area contributed by atoms with Crippen molar-refractivity contribution in [3.63, 3.8) is 0 Å². The highest BCUT2D eigenvalue weighted by atomic mass is 35.5. The first-order chi connectivity index (χ1) is 20.1. The number of rotatable bonds is 7. The number of hydrogen-bond donors (Lipinski definition) is 4. The van der Waals surface area contributed by atoms with Gasteiger partial charge in [-0.05, 0) is 73.8 Å². The monoisotopic (exact) mass is 655 g/mol. The van der Waals surface area contributed by atoms with Crippen molar-refractivity contribution >= 4 is 49.0 Å². The molecule has 5 rings (SSSR count). The molecule has 2 heterocycles. The molecule has 5 atom stereocenters. The second-order valence-corrected chi connectivity index (χ2v) is 14.8. The standard InChI is InChI=1S/C30H37Cl2FN3O6P/c1-28(2,3)15-22-30(19-9-8-16(31)14-21(19)35-27(30)38)23(18-6-5-7-20(32)24(18)33)25(36-22)26(37)34-17-10-12-29(4,13-11-17)41-42-43(39)40/h5-9,14,17,22-23,25,36,43H,10-13,15H2,1-4H3,(H,34,37)(H,35,38)(H,39,40)/t17?,22-,23+,25-,29?,30+/m1/s1. The van der Waals surface area contributed by atoms with Gasteiger partial charge in [-0.25, -0.2) is 9.28 Å². The minimum Gasteiger partial charge on any atom is -0.352 e. The Morgan fingerprint density at radius 3 is 2.56 bits per heavy atom. The summed E-state index contributed by atoms with van der Waals surface area (Å²) in [6.07, 6.45) is 2.52. The van der Waals surface area contributed by atoms with Crippen molar-refractivity contribution in [3.05, 3.63) is 63.4 Å². The summed E-state index contributed by atoms with van der Waals surface area (Å²) in [6, 6.07) is 8.08. The first-order valence-electron chi connectivity index (χ1n) is 14.3. The third-order valence-electron chi connectivity index (χ3n) is 8.92. The lowest BCUT2D eigenvalue weighted by molar-refractivity contribution is -0.296. The molecule has 2 aromatic rings. The van der Waals surface area contributed by atoms with Gasteiger partial charge in [-0.3, -0.25) is 14.2 Å². The number of fused-ring (bicyclic) bond motifs is 2. The largest absolute Gasteiger partial charge is 0.352 e. The zero-order chi connectivity index (χ0) is 31.3. The number of benzene rings is 2. The number of amides is 2. The number of halogens is 3. The number of hydrogen-bond acceptors (Lipinski definition) is 6. The number of nitrogens with one attached hydrogen (secondary N) is 3. The lowest BCUT2D eigenvalue weighted by atomic mass is 9.62. The van der Waals surface area contributed by atoms with Crippen LogP contribution in [-0.2, 0) is 29.1 Å². The summed E-state index contributed by atoms with van der Waals surface area (Å²) in [5.74, 6) is -2.30. The molecule has 2 aliphatic heterocycles. The fraction of sp³-hybridized carbons (Fsp3) is 0.533. The van der Waals surface area contributed by atoms with Crippen LogP contribution in [0.4, 0.5) is 10.1 Å². The molecule has 1 saturated heterocycles. The van der Waals surface area contributed by atoms with Crippen LogP contribution in [0.15, 0.2) is 36.4 Å². The van der Waals surface area contributed by atoms with Gasteiger partial charge >= 0.3 is 8.25 Å². The van der Waals surface area contributed by atoms with E-state index in [1.54, 1.807) is 37.3 Å². The van der Waals surface area contributed by atoms with Gasteiger partial charge in [-0.1, -0.05) is 62.2 Å². The summed E-state index contributed by atoms with van der Waals surface area (Å²) in [5.41, 5.74) is -0.993. The van der Waals surface area contributed by atoms with E-state index in [0.717, 1.165) is 0 Å². The highest BCUT2D eigenvalue weighted by Gasteiger charge is 2.66. The summed E-state index contributed by atoms with van der Waals surface area (Å²) >= 11 is 12.6. The molecule has 13 heteroatoms. The van der Waals surface area contributed by atoms with Crippen molar-refractivity contribution in [2.24, 2.45) is 5.41 Å². The van der Waals surface area contributed by atoms with Crippen LogP contribution in [0.3, 0.4) is 0 Å². The molecule has 4 N–H and O–H groups in total. The zero-order valence-corrected chi connectivity index (χ0v) is 26.9. The van der Waals surface area contributed by atoms with Crippen LogP contribution in [0.2, 0.25) is 10.0 Å². The molecule has 9 nitrogen and oxygen atoms in total. The molecule has 0 radical (unpaired) electrons. The van der Waals surface area contributed by atoms with Crippen molar-refractivity contribution < 1.29 is 33.0 Å². The Balaban J connectivity index is 1.54. The molecule has 2 amide bonds. The smallest absolute Gasteiger partial charge is 0.344 e. The summed E-state index contributed by atoms with van der Waals surface area (Å²) in [4.78, 5) is 42.6. The summed E-state index contributed by atoms with van der Waals surface area (Å²) in [6.45, 7) is 7.95. The lowest BCUT2D eigenvalue weighted by Gasteiger charge is -2.38. The number of carbonyl (C=O) groups is 2. The fourth-order valence-electron chi connectivity index (χ4n) is 7.04. The average Bonchev–Trinajstić information content (AvgIpc) is 3.39. The van der Waals surface area contributed by atoms with Gasteiger partial charge in [-0.2, -0.15) is 4.67 Å². The van der Waals surface area contributed by atoms with E-state index in [9.17, 15) is 14.2 Å². The van der Waals surface area contributed by atoms with Gasteiger partial charge in [0.25, 0.3) is 0 Å². The van der Waals surface area contributed by atoms with Crippen molar-refractivity contribution in [2.45, 2.75) is 94.9 Å². The molecule has 2 aromatic carbocycles. The number of anilines is 1. The van der Waals surface area contributed by atoms with Crippen LogP contribution in [-0.4, -0.2) is 40.4 Å². The minimum absolute atomic E-state index is 0.0972. The molecule has 0 aromatic heterocycles. The molecule has 0 bridgehead atoms. The van der Waals surface area contributed by atoms with Gasteiger partial charge in [-0.15, -0.1) is 0 Å². The Bertz CT molecular complexity index is 1450. The van der Waals surface area contributed by atoms with E-state index in [1.165, 1.54) is 6.07 Å². The normalized spacial score (nSPS) is 31.1. The molecule has 2 fully saturated rings. The van der Waals surface area contributed by atoms with Crippen LogP contribution in [0.1, 0.15) is 76.8 Å². The van der Waals surface area contributed by atoms with Gasteiger partial charge in [0.15, 0.2) is 0 Å². The lowest BCUT2D eigenvalue weighted by Crippen LogP contribution is -2.50. The van der Waals surface area contributed by atoms with Gasteiger partial charge < -0.3 is 20.8 Å². The van der Waals surface area contributed by atoms with E-state index in [4.69, 9.17) is 33.0 Å². The highest BCUT2D eigenvalue weighted by Crippen LogP contribution is 2.57. The Kier molecular flexibility index (Phi) is 9.06. The predicted molar refractivity (Wildman–Crippen MR) is 163 cm³/mol. The molecule has 1 spiro atoms. The van der Waals surface area contributed by atoms with Gasteiger partial charge in [0.2, 0.25) is 11.8 Å². The maximum Gasteiger partial charge on any atom is 0.344 e.